The van der Waals surface area contributed by atoms with Crippen molar-refractivity contribution in [3.05, 3.63) is 42.7 Å². The van der Waals surface area contributed by atoms with E-state index in [0.29, 0.717) is 6.54 Å². The van der Waals surface area contributed by atoms with Gasteiger partial charge in [-0.25, -0.2) is 4.79 Å². The standard InChI is InChI=1S/C16H19N5O/c1-3-14-5-4-10-21(14)16(22)18-13-8-6-12(7-9-13)15-19-17-11-20(15)2/h4-9,11,14H,3,10H2,1-2H3,(H,18,22)/t14-/m1/s1. The third kappa shape index (κ3) is 2.72. The van der Waals surface area contributed by atoms with Crippen molar-refractivity contribution in [3.63, 3.8) is 0 Å². The fourth-order valence-electron chi connectivity index (χ4n) is 2.60. The number of nitrogens with one attached hydrogen (secondary N) is 1. The zero-order chi connectivity index (χ0) is 15.5. The van der Waals surface area contributed by atoms with Gasteiger partial charge < -0.3 is 14.8 Å². The minimum absolute atomic E-state index is 0.0664. The van der Waals surface area contributed by atoms with E-state index in [1.54, 1.807) is 6.33 Å². The first-order valence-corrected chi connectivity index (χ1v) is 7.37. The molecule has 1 N–H and O–H groups in total. The number of nitrogens with zero attached hydrogens (tertiary/aromatic N) is 4. The molecule has 0 fully saturated rings. The van der Waals surface area contributed by atoms with Gasteiger partial charge in [0.15, 0.2) is 5.82 Å². The summed E-state index contributed by atoms with van der Waals surface area (Å²) >= 11 is 0. The molecule has 1 aromatic heterocycles. The predicted octanol–water partition coefficient (Wildman–Crippen LogP) is 2.66. The molecule has 0 saturated heterocycles. The highest BCUT2D eigenvalue weighted by molar-refractivity contribution is 5.90. The number of urea groups is 1. The molecule has 0 unspecified atom stereocenters. The highest BCUT2D eigenvalue weighted by atomic mass is 16.2. The molecule has 6 nitrogen and oxygen atoms in total. The largest absolute Gasteiger partial charge is 0.322 e. The number of rotatable bonds is 3. The monoisotopic (exact) mass is 297 g/mol. The van der Waals surface area contributed by atoms with Crippen molar-refractivity contribution in [2.45, 2.75) is 19.4 Å². The van der Waals surface area contributed by atoms with Crippen LogP contribution >= 0.6 is 0 Å². The molecule has 1 aliphatic heterocycles. The minimum Gasteiger partial charge on any atom is -0.317 e. The second kappa shape index (κ2) is 6.01. The lowest BCUT2D eigenvalue weighted by Crippen LogP contribution is -2.38. The summed E-state index contributed by atoms with van der Waals surface area (Å²) in [6.45, 7) is 2.75. The van der Waals surface area contributed by atoms with Gasteiger partial charge in [-0.2, -0.15) is 0 Å². The predicted molar refractivity (Wildman–Crippen MR) is 85.4 cm³/mol. The van der Waals surface area contributed by atoms with Crippen molar-refractivity contribution >= 4 is 11.7 Å². The number of amides is 2. The van der Waals surface area contributed by atoms with Gasteiger partial charge in [-0.15, -0.1) is 10.2 Å². The minimum atomic E-state index is -0.0664. The van der Waals surface area contributed by atoms with Gasteiger partial charge in [0, 0.05) is 24.8 Å². The van der Waals surface area contributed by atoms with Gasteiger partial charge in [0.2, 0.25) is 0 Å². The van der Waals surface area contributed by atoms with Gasteiger partial charge in [-0.05, 0) is 30.7 Å². The fraction of sp³-hybridized carbons (Fsp3) is 0.312. The Hall–Kier alpha value is -2.63. The summed E-state index contributed by atoms with van der Waals surface area (Å²) in [7, 11) is 1.90. The summed E-state index contributed by atoms with van der Waals surface area (Å²) in [5.41, 5.74) is 1.74. The highest BCUT2D eigenvalue weighted by Gasteiger charge is 2.23. The fourth-order valence-corrected chi connectivity index (χ4v) is 2.60. The van der Waals surface area contributed by atoms with Crippen LogP contribution in [0.2, 0.25) is 0 Å². The Bertz CT molecular complexity index is 689. The molecule has 2 aromatic rings. The first kappa shape index (κ1) is 14.3. The molecule has 1 aromatic carbocycles. The third-order valence-corrected chi connectivity index (χ3v) is 3.85. The zero-order valence-electron chi connectivity index (χ0n) is 12.7. The molecule has 1 aliphatic rings. The number of hydrogen-bond donors (Lipinski definition) is 1. The lowest BCUT2D eigenvalue weighted by atomic mass is 10.2. The van der Waals surface area contributed by atoms with Crippen LogP contribution in [0.1, 0.15) is 13.3 Å². The van der Waals surface area contributed by atoms with E-state index >= 15 is 0 Å². The van der Waals surface area contributed by atoms with Crippen LogP contribution in [0.15, 0.2) is 42.7 Å². The molecule has 1 atom stereocenters. The van der Waals surface area contributed by atoms with Crippen LogP contribution in [0.4, 0.5) is 10.5 Å². The van der Waals surface area contributed by atoms with E-state index < -0.39 is 0 Å². The Morgan fingerprint density at radius 3 is 2.77 bits per heavy atom. The third-order valence-electron chi connectivity index (χ3n) is 3.85. The number of carbonyl (C=O) groups excluding carboxylic acids is 1. The summed E-state index contributed by atoms with van der Waals surface area (Å²) < 4.78 is 1.86. The molecule has 0 aliphatic carbocycles. The normalized spacial score (nSPS) is 17.0. The molecule has 6 heteroatoms. The first-order chi connectivity index (χ1) is 10.7. The second-order valence-corrected chi connectivity index (χ2v) is 5.33. The summed E-state index contributed by atoms with van der Waals surface area (Å²) in [6.07, 6.45) is 6.70. The van der Waals surface area contributed by atoms with E-state index in [1.165, 1.54) is 0 Å². The van der Waals surface area contributed by atoms with Crippen molar-refractivity contribution in [1.29, 1.82) is 0 Å². The Morgan fingerprint density at radius 1 is 1.36 bits per heavy atom. The molecule has 22 heavy (non-hydrogen) atoms. The molecular formula is C16H19N5O. The summed E-state index contributed by atoms with van der Waals surface area (Å²) in [5, 5.41) is 10.9. The molecular weight excluding hydrogens is 278 g/mol. The molecule has 2 heterocycles. The smallest absolute Gasteiger partial charge is 0.317 e. The molecule has 3 rings (SSSR count). The molecule has 2 amide bonds. The van der Waals surface area contributed by atoms with E-state index in [-0.39, 0.29) is 12.1 Å². The van der Waals surface area contributed by atoms with Crippen LogP contribution in [-0.2, 0) is 7.05 Å². The Morgan fingerprint density at radius 2 is 2.14 bits per heavy atom. The summed E-state index contributed by atoms with van der Waals surface area (Å²) in [6, 6.07) is 7.75. The number of carbonyl (C=O) groups is 1. The molecule has 0 saturated carbocycles. The van der Waals surface area contributed by atoms with Gasteiger partial charge in [-0.3, -0.25) is 0 Å². The number of hydrogen-bond acceptors (Lipinski definition) is 3. The van der Waals surface area contributed by atoms with E-state index in [0.717, 1.165) is 23.5 Å². The maximum absolute atomic E-state index is 12.3. The number of anilines is 1. The van der Waals surface area contributed by atoms with E-state index in [1.807, 2.05) is 46.9 Å². The van der Waals surface area contributed by atoms with Crippen LogP contribution in [0.25, 0.3) is 11.4 Å². The SMILES string of the molecule is CC[C@@H]1C=CCN1C(=O)Nc1ccc(-c2nncn2C)cc1. The van der Waals surface area contributed by atoms with Crippen molar-refractivity contribution < 1.29 is 4.79 Å². The molecule has 0 spiro atoms. The van der Waals surface area contributed by atoms with Gasteiger partial charge in [-0.1, -0.05) is 19.1 Å². The van der Waals surface area contributed by atoms with E-state index in [2.05, 4.69) is 28.5 Å². The van der Waals surface area contributed by atoms with Crippen LogP contribution in [-0.4, -0.2) is 38.3 Å². The van der Waals surface area contributed by atoms with Crippen LogP contribution < -0.4 is 5.32 Å². The van der Waals surface area contributed by atoms with Crippen molar-refractivity contribution in [1.82, 2.24) is 19.7 Å². The molecule has 114 valence electrons. The summed E-state index contributed by atoms with van der Waals surface area (Å²) in [4.78, 5) is 14.1. The van der Waals surface area contributed by atoms with Crippen LogP contribution in [0.5, 0.6) is 0 Å². The molecule has 0 radical (unpaired) electrons. The number of aromatic nitrogens is 3. The first-order valence-electron chi connectivity index (χ1n) is 7.37. The highest BCUT2D eigenvalue weighted by Crippen LogP contribution is 2.20. The van der Waals surface area contributed by atoms with Crippen LogP contribution in [0, 0.1) is 0 Å². The van der Waals surface area contributed by atoms with Crippen LogP contribution in [0.3, 0.4) is 0 Å². The van der Waals surface area contributed by atoms with Crippen molar-refractivity contribution in [3.8, 4) is 11.4 Å². The average Bonchev–Trinajstić information content (AvgIpc) is 3.16. The maximum atomic E-state index is 12.3. The van der Waals surface area contributed by atoms with Gasteiger partial charge in [0.25, 0.3) is 0 Å². The van der Waals surface area contributed by atoms with Crippen molar-refractivity contribution in [2.75, 3.05) is 11.9 Å². The van der Waals surface area contributed by atoms with Gasteiger partial charge in [0.05, 0.1) is 6.04 Å². The maximum Gasteiger partial charge on any atom is 0.322 e. The Kier molecular flexibility index (Phi) is 3.91. The quantitative estimate of drug-likeness (QED) is 0.886. The van der Waals surface area contributed by atoms with E-state index in [9.17, 15) is 4.79 Å². The van der Waals surface area contributed by atoms with Crippen molar-refractivity contribution in [2.24, 2.45) is 7.05 Å². The van der Waals surface area contributed by atoms with Gasteiger partial charge >= 0.3 is 6.03 Å². The summed E-state index contributed by atoms with van der Waals surface area (Å²) in [5.74, 6) is 0.799. The van der Waals surface area contributed by atoms with E-state index in [4.69, 9.17) is 0 Å². The zero-order valence-corrected chi connectivity index (χ0v) is 12.7. The van der Waals surface area contributed by atoms with Gasteiger partial charge in [0.1, 0.15) is 6.33 Å². The number of aryl methyl sites for hydroxylation is 1. The second-order valence-electron chi connectivity index (χ2n) is 5.33. The number of benzene rings is 1. The molecule has 0 bridgehead atoms. The average molecular weight is 297 g/mol. The Balaban J connectivity index is 1.69. The lowest BCUT2D eigenvalue weighted by Gasteiger charge is -2.23. The lowest BCUT2D eigenvalue weighted by molar-refractivity contribution is 0.209. The topological polar surface area (TPSA) is 63.1 Å². The Labute approximate surface area is 129 Å².